The predicted molar refractivity (Wildman–Crippen MR) is 111 cm³/mol. The quantitative estimate of drug-likeness (QED) is 0.418. The molecule has 6 nitrogen and oxygen atoms in total. The average molecular weight is 417 g/mol. The summed E-state index contributed by atoms with van der Waals surface area (Å²) < 4.78 is 24.3. The maximum absolute atomic E-state index is 13.1. The Morgan fingerprint density at radius 2 is 1.70 bits per heavy atom. The van der Waals surface area contributed by atoms with Crippen LogP contribution >= 0.6 is 0 Å². The number of benzene rings is 2. The van der Waals surface area contributed by atoms with E-state index in [2.05, 4.69) is 0 Å². The lowest BCUT2D eigenvalue weighted by Gasteiger charge is -2.27. The number of halogens is 1. The lowest BCUT2D eigenvalue weighted by molar-refractivity contribution is -0.159. The van der Waals surface area contributed by atoms with Crippen LogP contribution < -0.4 is 0 Å². The molecule has 0 aliphatic carbocycles. The minimum Gasteiger partial charge on any atom is -0.507 e. The molecular formula is C23H28FNO5. The zero-order valence-corrected chi connectivity index (χ0v) is 17.3. The molecule has 0 bridgehead atoms. The van der Waals surface area contributed by atoms with Crippen LogP contribution in [0, 0.1) is 5.82 Å². The fourth-order valence-electron chi connectivity index (χ4n) is 3.02. The number of hydrogen-bond donors (Lipinski definition) is 1. The molecule has 0 aliphatic rings. The molecule has 162 valence electrons. The second-order valence-corrected chi connectivity index (χ2v) is 6.68. The SMILES string of the molecule is CCOC(CN(Cc1ccccc1)C(=O)CCC(=O)c1ccc(F)cc1O)OCC. The highest BCUT2D eigenvalue weighted by molar-refractivity contribution is 6.00. The number of rotatable bonds is 12. The van der Waals surface area contributed by atoms with Crippen LogP contribution in [0.1, 0.15) is 42.6 Å². The van der Waals surface area contributed by atoms with Gasteiger partial charge < -0.3 is 19.5 Å². The first-order valence-corrected chi connectivity index (χ1v) is 10.0. The summed E-state index contributed by atoms with van der Waals surface area (Å²) in [4.78, 5) is 26.9. The molecular weight excluding hydrogens is 389 g/mol. The molecule has 0 fully saturated rings. The number of carbonyl (C=O) groups excluding carboxylic acids is 2. The number of phenolic OH excluding ortho intramolecular Hbond substituents is 1. The van der Waals surface area contributed by atoms with Gasteiger partial charge in [0.2, 0.25) is 5.91 Å². The van der Waals surface area contributed by atoms with Crippen molar-refractivity contribution in [3.8, 4) is 5.75 Å². The highest BCUT2D eigenvalue weighted by Gasteiger charge is 2.22. The number of Topliss-reactive ketones (excluding diaryl/α,β-unsaturated/α-hetero) is 1. The Bertz CT molecular complexity index is 822. The van der Waals surface area contributed by atoms with Crippen molar-refractivity contribution in [3.05, 3.63) is 65.5 Å². The number of hydrogen-bond acceptors (Lipinski definition) is 5. The predicted octanol–water partition coefficient (Wildman–Crippen LogP) is 3.92. The monoisotopic (exact) mass is 417 g/mol. The van der Waals surface area contributed by atoms with Gasteiger partial charge in [-0.1, -0.05) is 30.3 Å². The van der Waals surface area contributed by atoms with Gasteiger partial charge in [-0.05, 0) is 31.5 Å². The van der Waals surface area contributed by atoms with Crippen molar-refractivity contribution < 1.29 is 28.6 Å². The Kier molecular flexibility index (Phi) is 9.44. The zero-order chi connectivity index (χ0) is 21.9. The molecule has 30 heavy (non-hydrogen) atoms. The summed E-state index contributed by atoms with van der Waals surface area (Å²) in [6.07, 6.45) is -0.713. The van der Waals surface area contributed by atoms with E-state index in [0.717, 1.165) is 17.7 Å². The number of ether oxygens (including phenoxy) is 2. The Morgan fingerprint density at radius 1 is 1.03 bits per heavy atom. The van der Waals surface area contributed by atoms with E-state index in [1.54, 1.807) is 4.90 Å². The van der Waals surface area contributed by atoms with E-state index < -0.39 is 23.6 Å². The lowest BCUT2D eigenvalue weighted by Crippen LogP contribution is -2.39. The summed E-state index contributed by atoms with van der Waals surface area (Å²) in [5.41, 5.74) is 0.945. The Hall–Kier alpha value is -2.77. The van der Waals surface area contributed by atoms with Crippen molar-refractivity contribution in [1.82, 2.24) is 4.90 Å². The van der Waals surface area contributed by atoms with Crippen molar-refractivity contribution in [2.75, 3.05) is 19.8 Å². The van der Waals surface area contributed by atoms with Crippen LogP contribution in [0.5, 0.6) is 5.75 Å². The molecule has 0 aliphatic heterocycles. The van der Waals surface area contributed by atoms with E-state index in [4.69, 9.17) is 9.47 Å². The molecule has 1 N–H and O–H groups in total. The largest absolute Gasteiger partial charge is 0.507 e. The summed E-state index contributed by atoms with van der Waals surface area (Å²) in [5, 5.41) is 9.78. The minimum atomic E-state index is -0.632. The molecule has 0 aromatic heterocycles. The third-order valence-electron chi connectivity index (χ3n) is 4.47. The number of phenols is 1. The van der Waals surface area contributed by atoms with E-state index in [9.17, 15) is 19.1 Å². The van der Waals surface area contributed by atoms with Gasteiger partial charge >= 0.3 is 0 Å². The van der Waals surface area contributed by atoms with Crippen LogP contribution in [0.4, 0.5) is 4.39 Å². The third-order valence-corrected chi connectivity index (χ3v) is 4.47. The van der Waals surface area contributed by atoms with Crippen LogP contribution in [-0.4, -0.2) is 47.7 Å². The first kappa shape index (κ1) is 23.5. The Morgan fingerprint density at radius 3 is 2.30 bits per heavy atom. The van der Waals surface area contributed by atoms with Crippen molar-refractivity contribution in [2.24, 2.45) is 0 Å². The van der Waals surface area contributed by atoms with Crippen LogP contribution in [0.3, 0.4) is 0 Å². The van der Waals surface area contributed by atoms with Gasteiger partial charge in [0.05, 0.1) is 12.1 Å². The maximum Gasteiger partial charge on any atom is 0.223 e. The van der Waals surface area contributed by atoms with Gasteiger partial charge in [0.15, 0.2) is 12.1 Å². The fourth-order valence-corrected chi connectivity index (χ4v) is 3.02. The molecule has 0 atom stereocenters. The minimum absolute atomic E-state index is 0.000295. The van der Waals surface area contributed by atoms with E-state index in [0.29, 0.717) is 19.8 Å². The molecule has 0 radical (unpaired) electrons. The smallest absolute Gasteiger partial charge is 0.223 e. The number of nitrogens with zero attached hydrogens (tertiary/aromatic N) is 1. The average Bonchev–Trinajstić information content (AvgIpc) is 2.72. The van der Waals surface area contributed by atoms with E-state index in [-0.39, 0.29) is 30.9 Å². The van der Waals surface area contributed by atoms with E-state index in [1.807, 2.05) is 44.2 Å². The number of carbonyl (C=O) groups is 2. The van der Waals surface area contributed by atoms with E-state index in [1.165, 1.54) is 6.07 Å². The topological polar surface area (TPSA) is 76.1 Å². The lowest BCUT2D eigenvalue weighted by atomic mass is 10.0. The van der Waals surface area contributed by atoms with Crippen LogP contribution in [0.15, 0.2) is 48.5 Å². The van der Waals surface area contributed by atoms with Gasteiger partial charge in [-0.3, -0.25) is 9.59 Å². The zero-order valence-electron chi connectivity index (χ0n) is 17.3. The van der Waals surface area contributed by atoms with Gasteiger partial charge in [0.1, 0.15) is 11.6 Å². The summed E-state index contributed by atoms with van der Waals surface area (Å²) in [5.74, 6) is -1.72. The molecule has 2 aromatic carbocycles. The summed E-state index contributed by atoms with van der Waals surface area (Å²) >= 11 is 0. The van der Waals surface area contributed by atoms with Gasteiger partial charge in [-0.25, -0.2) is 4.39 Å². The molecule has 1 amide bonds. The van der Waals surface area contributed by atoms with Gasteiger partial charge in [0.25, 0.3) is 0 Å². The molecule has 0 spiro atoms. The highest BCUT2D eigenvalue weighted by atomic mass is 19.1. The Labute approximate surface area is 176 Å². The first-order chi connectivity index (χ1) is 14.4. The Balaban J connectivity index is 2.07. The second kappa shape index (κ2) is 12.0. The molecule has 2 rings (SSSR count). The van der Waals surface area contributed by atoms with Crippen LogP contribution in [-0.2, 0) is 20.8 Å². The van der Waals surface area contributed by atoms with Crippen molar-refractivity contribution in [3.63, 3.8) is 0 Å². The normalized spacial score (nSPS) is 10.9. The second-order valence-electron chi connectivity index (χ2n) is 6.68. The number of ketones is 1. The number of amides is 1. The van der Waals surface area contributed by atoms with Gasteiger partial charge in [-0.15, -0.1) is 0 Å². The summed E-state index contributed by atoms with van der Waals surface area (Å²) in [6, 6.07) is 12.7. The molecule has 0 saturated heterocycles. The summed E-state index contributed by atoms with van der Waals surface area (Å²) in [7, 11) is 0. The van der Waals surface area contributed by atoms with Crippen molar-refractivity contribution >= 4 is 11.7 Å². The standard InChI is InChI=1S/C23H28FNO5/c1-3-29-23(30-4-2)16-25(15-17-8-6-5-7-9-17)22(28)13-12-20(26)19-11-10-18(24)14-21(19)27/h5-11,14,23,27H,3-4,12-13,15-16H2,1-2H3. The van der Waals surface area contributed by atoms with Crippen LogP contribution in [0.25, 0.3) is 0 Å². The van der Waals surface area contributed by atoms with Crippen molar-refractivity contribution in [1.29, 1.82) is 0 Å². The fraction of sp³-hybridized carbons (Fsp3) is 0.391. The maximum atomic E-state index is 13.1. The summed E-state index contributed by atoms with van der Waals surface area (Å²) in [6.45, 7) is 5.17. The van der Waals surface area contributed by atoms with Gasteiger partial charge in [0, 0.05) is 38.7 Å². The highest BCUT2D eigenvalue weighted by Crippen LogP contribution is 2.20. The van der Waals surface area contributed by atoms with E-state index >= 15 is 0 Å². The first-order valence-electron chi connectivity index (χ1n) is 10.0. The van der Waals surface area contributed by atoms with Crippen LogP contribution in [0.2, 0.25) is 0 Å². The van der Waals surface area contributed by atoms with Gasteiger partial charge in [-0.2, -0.15) is 0 Å². The molecule has 0 heterocycles. The molecule has 0 unspecified atom stereocenters. The molecule has 7 heteroatoms. The molecule has 0 saturated carbocycles. The third kappa shape index (κ3) is 7.24. The van der Waals surface area contributed by atoms with Crippen molar-refractivity contribution in [2.45, 2.75) is 39.5 Å². The molecule has 2 aromatic rings. The number of aromatic hydroxyl groups is 1.